The van der Waals surface area contributed by atoms with E-state index in [0.717, 1.165) is 21.7 Å². The Hall–Kier alpha value is -2.93. The largest absolute Gasteiger partial charge is 0.497 e. The SMILES string of the molecule is COc1cc(OC)c2c(c1)=NC(c1cc(OC)c(CCCO)c(OC)c1)NC=2. The van der Waals surface area contributed by atoms with Crippen LogP contribution in [-0.4, -0.2) is 40.2 Å². The first-order valence-electron chi connectivity index (χ1n) is 9.07. The molecule has 0 aliphatic carbocycles. The molecule has 1 aliphatic heterocycles. The quantitative estimate of drug-likeness (QED) is 0.712. The minimum atomic E-state index is -0.306. The molecule has 7 heteroatoms. The predicted molar refractivity (Wildman–Crippen MR) is 106 cm³/mol. The number of methoxy groups -OCH3 is 4. The van der Waals surface area contributed by atoms with Crippen LogP contribution in [-0.2, 0) is 6.42 Å². The molecule has 1 heterocycles. The lowest BCUT2D eigenvalue weighted by Crippen LogP contribution is -2.36. The van der Waals surface area contributed by atoms with E-state index in [1.165, 1.54) is 0 Å². The molecule has 2 aromatic carbocycles. The molecule has 2 N–H and O–H groups in total. The summed E-state index contributed by atoms with van der Waals surface area (Å²) in [7, 11) is 6.49. The standard InChI is InChI=1S/C21H26N2O5/c1-25-14-10-17-16(20(11-14)28-4)12-22-21(23-17)13-8-18(26-2)15(6-5-7-24)19(9-13)27-3/h8-12,21-22,24H,5-7H2,1-4H3. The maximum atomic E-state index is 9.16. The monoisotopic (exact) mass is 386 g/mol. The second-order valence-electron chi connectivity index (χ2n) is 6.34. The van der Waals surface area contributed by atoms with E-state index >= 15 is 0 Å². The third-order valence-electron chi connectivity index (χ3n) is 4.73. The first kappa shape index (κ1) is 19.8. The first-order chi connectivity index (χ1) is 13.6. The van der Waals surface area contributed by atoms with Gasteiger partial charge in [0.25, 0.3) is 0 Å². The number of rotatable bonds is 8. The molecule has 7 nitrogen and oxygen atoms in total. The number of benzene rings is 2. The molecule has 1 atom stereocenters. The number of fused-ring (bicyclic) bond motifs is 1. The van der Waals surface area contributed by atoms with Crippen molar-refractivity contribution in [2.45, 2.75) is 19.0 Å². The number of aliphatic hydroxyl groups excluding tert-OH is 1. The van der Waals surface area contributed by atoms with Gasteiger partial charge in [0.1, 0.15) is 29.2 Å². The van der Waals surface area contributed by atoms with Gasteiger partial charge in [-0.3, -0.25) is 4.99 Å². The first-order valence-corrected chi connectivity index (χ1v) is 9.07. The lowest BCUT2D eigenvalue weighted by Gasteiger charge is -2.21. The zero-order chi connectivity index (χ0) is 20.1. The Morgan fingerprint density at radius 1 is 0.929 bits per heavy atom. The Morgan fingerprint density at radius 3 is 2.18 bits per heavy atom. The maximum Gasteiger partial charge on any atom is 0.145 e. The van der Waals surface area contributed by atoms with Gasteiger partial charge in [0.2, 0.25) is 0 Å². The predicted octanol–water partition coefficient (Wildman–Crippen LogP) is 1.31. The summed E-state index contributed by atoms with van der Waals surface area (Å²) in [4.78, 5) is 4.82. The fourth-order valence-corrected chi connectivity index (χ4v) is 3.30. The Morgan fingerprint density at radius 2 is 1.61 bits per heavy atom. The van der Waals surface area contributed by atoms with Crippen LogP contribution in [0.5, 0.6) is 23.0 Å². The van der Waals surface area contributed by atoms with Crippen molar-refractivity contribution in [2.75, 3.05) is 35.0 Å². The molecule has 3 rings (SSSR count). The maximum absolute atomic E-state index is 9.16. The van der Waals surface area contributed by atoms with Gasteiger partial charge in [0.05, 0.1) is 39.0 Å². The molecule has 150 valence electrons. The highest BCUT2D eigenvalue weighted by atomic mass is 16.5. The van der Waals surface area contributed by atoms with Crippen molar-refractivity contribution in [3.8, 4) is 23.0 Å². The molecule has 0 aromatic heterocycles. The van der Waals surface area contributed by atoms with E-state index in [1.807, 2.05) is 30.5 Å². The molecule has 2 aromatic rings. The van der Waals surface area contributed by atoms with Crippen LogP contribution in [0.25, 0.3) is 6.20 Å². The molecule has 1 unspecified atom stereocenters. The minimum Gasteiger partial charge on any atom is -0.497 e. The Labute approximate surface area is 164 Å². The van der Waals surface area contributed by atoms with Crippen LogP contribution < -0.4 is 34.8 Å². The second-order valence-corrected chi connectivity index (χ2v) is 6.34. The van der Waals surface area contributed by atoms with Gasteiger partial charge in [-0.1, -0.05) is 0 Å². The summed E-state index contributed by atoms with van der Waals surface area (Å²) in [6, 6.07) is 7.61. The Bertz CT molecular complexity index is 933. The molecule has 0 amide bonds. The van der Waals surface area contributed by atoms with Crippen molar-refractivity contribution in [3.63, 3.8) is 0 Å². The van der Waals surface area contributed by atoms with Crippen LogP contribution in [0, 0.1) is 0 Å². The number of hydrogen-bond donors (Lipinski definition) is 2. The van der Waals surface area contributed by atoms with Crippen LogP contribution >= 0.6 is 0 Å². The molecule has 28 heavy (non-hydrogen) atoms. The number of aliphatic hydroxyl groups is 1. The smallest absolute Gasteiger partial charge is 0.145 e. The van der Waals surface area contributed by atoms with Gasteiger partial charge >= 0.3 is 0 Å². The van der Waals surface area contributed by atoms with Gasteiger partial charge < -0.3 is 29.4 Å². The topological polar surface area (TPSA) is 81.5 Å². The van der Waals surface area contributed by atoms with E-state index < -0.39 is 0 Å². The molecular weight excluding hydrogens is 360 g/mol. The van der Waals surface area contributed by atoms with Gasteiger partial charge in [-0.05, 0) is 25.0 Å². The van der Waals surface area contributed by atoms with Gasteiger partial charge in [-0.25, -0.2) is 0 Å². The summed E-state index contributed by atoms with van der Waals surface area (Å²) in [5.74, 6) is 2.81. The number of hydrogen-bond acceptors (Lipinski definition) is 7. The molecule has 1 aliphatic rings. The van der Waals surface area contributed by atoms with Crippen molar-refractivity contribution in [1.29, 1.82) is 0 Å². The molecule has 0 radical (unpaired) electrons. The summed E-state index contributed by atoms with van der Waals surface area (Å²) >= 11 is 0. The average molecular weight is 386 g/mol. The fraction of sp³-hybridized carbons (Fsp3) is 0.381. The summed E-state index contributed by atoms with van der Waals surface area (Å²) in [6.07, 6.45) is 2.89. The van der Waals surface area contributed by atoms with E-state index in [9.17, 15) is 0 Å². The molecule has 0 saturated heterocycles. The summed E-state index contributed by atoms with van der Waals surface area (Å²) in [5.41, 5.74) is 1.84. The van der Waals surface area contributed by atoms with E-state index in [-0.39, 0.29) is 12.8 Å². The van der Waals surface area contributed by atoms with Crippen LogP contribution in [0.4, 0.5) is 0 Å². The summed E-state index contributed by atoms with van der Waals surface area (Å²) in [6.45, 7) is 0.114. The van der Waals surface area contributed by atoms with Crippen LogP contribution in [0.15, 0.2) is 29.3 Å². The van der Waals surface area contributed by atoms with Gasteiger partial charge in [0, 0.05) is 36.1 Å². The molecule has 0 bridgehead atoms. The summed E-state index contributed by atoms with van der Waals surface area (Å²) in [5, 5.41) is 14.1. The number of nitrogens with zero attached hydrogens (tertiary/aromatic N) is 1. The third-order valence-corrected chi connectivity index (χ3v) is 4.73. The average Bonchev–Trinajstić information content (AvgIpc) is 2.75. The fourth-order valence-electron chi connectivity index (χ4n) is 3.30. The van der Waals surface area contributed by atoms with E-state index in [2.05, 4.69) is 5.32 Å². The molecule has 0 spiro atoms. The zero-order valence-corrected chi connectivity index (χ0v) is 16.6. The zero-order valence-electron chi connectivity index (χ0n) is 16.6. The van der Waals surface area contributed by atoms with Crippen molar-refractivity contribution in [3.05, 3.63) is 46.0 Å². The van der Waals surface area contributed by atoms with Gasteiger partial charge in [0.15, 0.2) is 0 Å². The van der Waals surface area contributed by atoms with Crippen LogP contribution in [0.2, 0.25) is 0 Å². The van der Waals surface area contributed by atoms with Crippen molar-refractivity contribution in [1.82, 2.24) is 5.32 Å². The highest BCUT2D eigenvalue weighted by Gasteiger charge is 2.19. The van der Waals surface area contributed by atoms with Crippen LogP contribution in [0.1, 0.15) is 23.7 Å². The second kappa shape index (κ2) is 8.84. The summed E-state index contributed by atoms with van der Waals surface area (Å²) < 4.78 is 22.0. The lowest BCUT2D eigenvalue weighted by atomic mass is 10.0. The van der Waals surface area contributed by atoms with Crippen molar-refractivity contribution >= 4 is 6.20 Å². The number of nitrogens with one attached hydrogen (secondary N) is 1. The Kier molecular flexibility index (Phi) is 6.26. The van der Waals surface area contributed by atoms with E-state index in [0.29, 0.717) is 35.8 Å². The van der Waals surface area contributed by atoms with Gasteiger partial charge in [-0.15, -0.1) is 0 Å². The van der Waals surface area contributed by atoms with Crippen molar-refractivity contribution < 1.29 is 24.1 Å². The highest BCUT2D eigenvalue weighted by Crippen LogP contribution is 2.34. The van der Waals surface area contributed by atoms with Crippen LogP contribution in [0.3, 0.4) is 0 Å². The third kappa shape index (κ3) is 3.84. The number of ether oxygens (including phenoxy) is 4. The van der Waals surface area contributed by atoms with Gasteiger partial charge in [-0.2, -0.15) is 0 Å². The molecular formula is C21H26N2O5. The highest BCUT2D eigenvalue weighted by molar-refractivity contribution is 5.50. The molecule has 0 fully saturated rings. The van der Waals surface area contributed by atoms with E-state index in [1.54, 1.807) is 28.4 Å². The molecule has 0 saturated carbocycles. The minimum absolute atomic E-state index is 0.114. The normalized spacial score (nSPS) is 14.8. The van der Waals surface area contributed by atoms with E-state index in [4.69, 9.17) is 29.0 Å². The Balaban J connectivity index is 2.06. The van der Waals surface area contributed by atoms with Crippen molar-refractivity contribution in [2.24, 2.45) is 4.99 Å². The lowest BCUT2D eigenvalue weighted by molar-refractivity contribution is 0.286.